The zero-order valence-electron chi connectivity index (χ0n) is 17.8. The summed E-state index contributed by atoms with van der Waals surface area (Å²) in [4.78, 5) is 27.6. The van der Waals surface area contributed by atoms with Crippen LogP contribution in [-0.2, 0) is 9.53 Å². The fraction of sp³-hybridized carbons (Fsp3) is 0.522. The highest BCUT2D eigenvalue weighted by Gasteiger charge is 2.32. The smallest absolute Gasteiger partial charge is 0.287 e. The van der Waals surface area contributed by atoms with E-state index in [0.29, 0.717) is 31.1 Å². The summed E-state index contributed by atoms with van der Waals surface area (Å²) in [5.41, 5.74) is 1.29. The highest BCUT2D eigenvalue weighted by Crippen LogP contribution is 2.29. The first-order valence-electron chi connectivity index (χ1n) is 11.0. The van der Waals surface area contributed by atoms with E-state index in [4.69, 9.17) is 16.3 Å². The van der Waals surface area contributed by atoms with Crippen molar-refractivity contribution in [2.45, 2.75) is 44.7 Å². The maximum atomic E-state index is 12.9. The number of hydrogen-bond donors (Lipinski definition) is 1. The van der Waals surface area contributed by atoms with Crippen LogP contribution < -0.4 is 10.9 Å². The van der Waals surface area contributed by atoms with Crippen molar-refractivity contribution >= 4 is 23.2 Å². The highest BCUT2D eigenvalue weighted by molar-refractivity contribution is 6.32. The molecule has 1 unspecified atom stereocenters. The molecule has 2 aliphatic heterocycles. The molecule has 0 aliphatic carbocycles. The zero-order chi connectivity index (χ0) is 21.8. The predicted octanol–water partition coefficient (Wildman–Crippen LogP) is 3.66. The lowest BCUT2D eigenvalue weighted by molar-refractivity contribution is -0.137. The first-order valence-corrected chi connectivity index (χ1v) is 11.4. The Morgan fingerprint density at radius 2 is 2.06 bits per heavy atom. The second kappa shape index (κ2) is 9.83. The largest absolute Gasteiger partial charge is 0.382 e. The molecule has 1 aromatic carbocycles. The Kier molecular flexibility index (Phi) is 6.92. The van der Waals surface area contributed by atoms with Crippen molar-refractivity contribution in [2.24, 2.45) is 5.92 Å². The van der Waals surface area contributed by atoms with Crippen molar-refractivity contribution in [3.05, 3.63) is 57.5 Å². The molecule has 7 nitrogen and oxygen atoms in total. The van der Waals surface area contributed by atoms with Crippen LogP contribution in [0.5, 0.6) is 0 Å². The Labute approximate surface area is 187 Å². The SMILES string of the molecule is CC(c1ccccc1)N1CC[C@@H](n2ncc(NC[C@H]3CCCOC3)c(Cl)c2=O)CC1=O. The molecular weight excluding hydrogens is 416 g/mol. The molecule has 1 aromatic heterocycles. The molecule has 3 atom stereocenters. The highest BCUT2D eigenvalue weighted by atomic mass is 35.5. The Morgan fingerprint density at radius 3 is 2.77 bits per heavy atom. The van der Waals surface area contributed by atoms with Crippen LogP contribution in [0.2, 0.25) is 5.02 Å². The average molecular weight is 445 g/mol. The normalized spacial score (nSPS) is 22.9. The van der Waals surface area contributed by atoms with Crippen LogP contribution in [0.1, 0.15) is 50.3 Å². The number of carbonyl (C=O) groups excluding carboxylic acids is 1. The van der Waals surface area contributed by atoms with Crippen LogP contribution in [0.15, 0.2) is 41.3 Å². The van der Waals surface area contributed by atoms with Crippen LogP contribution in [0.25, 0.3) is 0 Å². The first-order chi connectivity index (χ1) is 15.0. The lowest BCUT2D eigenvalue weighted by Crippen LogP contribution is -2.43. The Bertz CT molecular complexity index is 959. The molecule has 166 valence electrons. The predicted molar refractivity (Wildman–Crippen MR) is 120 cm³/mol. The Balaban J connectivity index is 1.41. The first kappa shape index (κ1) is 21.8. The van der Waals surface area contributed by atoms with Gasteiger partial charge in [0.05, 0.1) is 30.6 Å². The number of rotatable bonds is 6. The van der Waals surface area contributed by atoms with E-state index in [1.807, 2.05) is 42.2 Å². The minimum absolute atomic E-state index is 0.00161. The van der Waals surface area contributed by atoms with E-state index < -0.39 is 0 Å². The van der Waals surface area contributed by atoms with E-state index in [1.54, 1.807) is 6.20 Å². The third-order valence-electron chi connectivity index (χ3n) is 6.31. The molecule has 0 bridgehead atoms. The number of anilines is 1. The summed E-state index contributed by atoms with van der Waals surface area (Å²) in [6, 6.07) is 9.70. The molecule has 1 amide bonds. The van der Waals surface area contributed by atoms with Gasteiger partial charge >= 0.3 is 0 Å². The molecule has 8 heteroatoms. The Morgan fingerprint density at radius 1 is 1.26 bits per heavy atom. The van der Waals surface area contributed by atoms with Crippen molar-refractivity contribution in [2.75, 3.05) is 31.6 Å². The monoisotopic (exact) mass is 444 g/mol. The molecule has 0 saturated carbocycles. The van der Waals surface area contributed by atoms with E-state index in [-0.39, 0.29) is 35.0 Å². The number of nitrogens with zero attached hydrogens (tertiary/aromatic N) is 3. The van der Waals surface area contributed by atoms with Gasteiger partial charge in [0, 0.05) is 26.1 Å². The summed E-state index contributed by atoms with van der Waals surface area (Å²) in [6.45, 7) is 4.84. The summed E-state index contributed by atoms with van der Waals surface area (Å²) >= 11 is 6.37. The van der Waals surface area contributed by atoms with Gasteiger partial charge in [-0.05, 0) is 37.7 Å². The maximum absolute atomic E-state index is 12.9. The van der Waals surface area contributed by atoms with Gasteiger partial charge in [-0.2, -0.15) is 5.10 Å². The minimum atomic E-state index is -0.353. The lowest BCUT2D eigenvalue weighted by Gasteiger charge is -2.36. The van der Waals surface area contributed by atoms with Crippen LogP contribution in [0, 0.1) is 5.92 Å². The molecule has 2 saturated heterocycles. The average Bonchev–Trinajstić information content (AvgIpc) is 2.81. The number of halogens is 1. The van der Waals surface area contributed by atoms with E-state index in [2.05, 4.69) is 10.4 Å². The summed E-state index contributed by atoms with van der Waals surface area (Å²) in [6.07, 6.45) is 4.65. The van der Waals surface area contributed by atoms with Gasteiger partial charge in [0.1, 0.15) is 5.02 Å². The van der Waals surface area contributed by atoms with Gasteiger partial charge in [-0.25, -0.2) is 4.68 Å². The van der Waals surface area contributed by atoms with Crippen molar-refractivity contribution in [3.8, 4) is 0 Å². The summed E-state index contributed by atoms with van der Waals surface area (Å²) in [5.74, 6) is 0.428. The van der Waals surface area contributed by atoms with E-state index in [1.165, 1.54) is 4.68 Å². The molecule has 1 N–H and O–H groups in total. The molecule has 2 aliphatic rings. The van der Waals surface area contributed by atoms with Crippen molar-refractivity contribution in [1.29, 1.82) is 0 Å². The number of hydrogen-bond acceptors (Lipinski definition) is 5. The van der Waals surface area contributed by atoms with E-state index >= 15 is 0 Å². The van der Waals surface area contributed by atoms with Gasteiger partial charge in [0.2, 0.25) is 5.91 Å². The summed E-state index contributed by atoms with van der Waals surface area (Å²) < 4.78 is 6.87. The second-order valence-electron chi connectivity index (χ2n) is 8.41. The number of benzene rings is 1. The quantitative estimate of drug-likeness (QED) is 0.735. The molecular formula is C23H29ClN4O3. The molecule has 4 rings (SSSR count). The van der Waals surface area contributed by atoms with Crippen LogP contribution in [0.4, 0.5) is 5.69 Å². The van der Waals surface area contributed by atoms with E-state index in [9.17, 15) is 9.59 Å². The zero-order valence-corrected chi connectivity index (χ0v) is 18.6. The van der Waals surface area contributed by atoms with E-state index in [0.717, 1.165) is 31.6 Å². The van der Waals surface area contributed by atoms with Crippen molar-refractivity contribution < 1.29 is 9.53 Å². The lowest BCUT2D eigenvalue weighted by atomic mass is 9.99. The molecule has 3 heterocycles. The third-order valence-corrected chi connectivity index (χ3v) is 6.67. The van der Waals surface area contributed by atoms with Gasteiger partial charge in [-0.1, -0.05) is 41.9 Å². The van der Waals surface area contributed by atoms with Gasteiger partial charge in [0.15, 0.2) is 0 Å². The summed E-state index contributed by atoms with van der Waals surface area (Å²) in [7, 11) is 0. The molecule has 31 heavy (non-hydrogen) atoms. The van der Waals surface area contributed by atoms with Crippen LogP contribution in [-0.4, -0.2) is 46.9 Å². The second-order valence-corrected chi connectivity index (χ2v) is 8.78. The molecule has 2 aromatic rings. The summed E-state index contributed by atoms with van der Waals surface area (Å²) in [5, 5.41) is 7.71. The number of amides is 1. The standard InChI is InChI=1S/C23H29ClN4O3/c1-16(18-7-3-2-4-8-18)27-10-9-19(12-21(27)29)28-23(30)22(24)20(14-26-28)25-13-17-6-5-11-31-15-17/h2-4,7-8,14,16-17,19,25H,5-6,9-13,15H2,1H3/t16?,17-,19-/m1/s1. The minimum Gasteiger partial charge on any atom is -0.382 e. The number of likely N-dealkylation sites (tertiary alicyclic amines) is 1. The Hall–Kier alpha value is -2.38. The number of carbonyl (C=O) groups is 1. The maximum Gasteiger partial charge on any atom is 0.287 e. The fourth-order valence-corrected chi connectivity index (χ4v) is 4.62. The molecule has 0 spiro atoms. The van der Waals surface area contributed by atoms with Crippen molar-refractivity contribution in [1.82, 2.24) is 14.7 Å². The van der Waals surface area contributed by atoms with Crippen LogP contribution >= 0.6 is 11.6 Å². The van der Waals surface area contributed by atoms with Crippen LogP contribution in [0.3, 0.4) is 0 Å². The van der Waals surface area contributed by atoms with Gasteiger partial charge in [-0.15, -0.1) is 0 Å². The fourth-order valence-electron chi connectivity index (χ4n) is 4.41. The number of nitrogens with one attached hydrogen (secondary N) is 1. The molecule has 0 radical (unpaired) electrons. The van der Waals surface area contributed by atoms with Gasteiger partial charge < -0.3 is 15.0 Å². The topological polar surface area (TPSA) is 76.5 Å². The third kappa shape index (κ3) is 4.93. The number of aromatic nitrogens is 2. The number of piperidine rings is 1. The number of ether oxygens (including phenoxy) is 1. The van der Waals surface area contributed by atoms with Gasteiger partial charge in [-0.3, -0.25) is 9.59 Å². The van der Waals surface area contributed by atoms with Crippen molar-refractivity contribution in [3.63, 3.8) is 0 Å². The molecule has 2 fully saturated rings. The van der Waals surface area contributed by atoms with Gasteiger partial charge in [0.25, 0.3) is 5.56 Å².